The molecular weight excluding hydrogens is 270 g/mol. The van der Waals surface area contributed by atoms with Crippen LogP contribution in [0.3, 0.4) is 0 Å². The molecule has 1 fully saturated rings. The fourth-order valence-electron chi connectivity index (χ4n) is 2.16. The van der Waals surface area contributed by atoms with Gasteiger partial charge in [-0.15, -0.1) is 0 Å². The third-order valence-electron chi connectivity index (χ3n) is 3.28. The maximum absolute atomic E-state index is 12.1. The molecule has 6 nitrogen and oxygen atoms in total. The molecule has 0 radical (unpaired) electrons. The summed E-state index contributed by atoms with van der Waals surface area (Å²) in [5.41, 5.74) is 0.178. The molecular formula is C12H14ClN3O3. The molecule has 1 aromatic carbocycles. The smallest absolute Gasteiger partial charge is 0.271 e. The van der Waals surface area contributed by atoms with Crippen LogP contribution >= 0.6 is 11.6 Å². The summed E-state index contributed by atoms with van der Waals surface area (Å²) >= 11 is 5.94. The van der Waals surface area contributed by atoms with Crippen LogP contribution in [0.5, 0.6) is 0 Å². The van der Waals surface area contributed by atoms with Gasteiger partial charge < -0.3 is 10.6 Å². The average Bonchev–Trinajstić information content (AvgIpc) is 2.78. The van der Waals surface area contributed by atoms with E-state index in [2.05, 4.69) is 10.6 Å². The predicted molar refractivity (Wildman–Crippen MR) is 72.3 cm³/mol. The van der Waals surface area contributed by atoms with Crippen molar-refractivity contribution in [3.63, 3.8) is 0 Å². The number of rotatable bonds is 3. The van der Waals surface area contributed by atoms with E-state index in [1.807, 2.05) is 6.92 Å². The Morgan fingerprint density at radius 3 is 2.89 bits per heavy atom. The lowest BCUT2D eigenvalue weighted by Crippen LogP contribution is -2.32. The molecule has 1 amide bonds. The van der Waals surface area contributed by atoms with Gasteiger partial charge in [-0.25, -0.2) is 0 Å². The van der Waals surface area contributed by atoms with E-state index >= 15 is 0 Å². The summed E-state index contributed by atoms with van der Waals surface area (Å²) in [5.74, 6) is -0.310. The zero-order valence-corrected chi connectivity index (χ0v) is 11.1. The molecule has 1 aliphatic rings. The van der Waals surface area contributed by atoms with Crippen LogP contribution in [-0.4, -0.2) is 23.4 Å². The van der Waals surface area contributed by atoms with Crippen LogP contribution in [0.1, 0.15) is 13.3 Å². The van der Waals surface area contributed by atoms with E-state index in [0.29, 0.717) is 0 Å². The number of hydrogen-bond donors (Lipinski definition) is 2. The summed E-state index contributed by atoms with van der Waals surface area (Å²) in [6, 6.07) is 4.08. The molecule has 2 N–H and O–H groups in total. The zero-order chi connectivity index (χ0) is 14.0. The fraction of sp³-hybridized carbons (Fsp3) is 0.417. The Labute approximate surface area is 115 Å². The molecule has 102 valence electrons. The summed E-state index contributed by atoms with van der Waals surface area (Å²) in [6.07, 6.45) is 0.750. The van der Waals surface area contributed by atoms with Crippen molar-refractivity contribution in [1.82, 2.24) is 5.32 Å². The Hall–Kier alpha value is -1.66. The molecule has 19 heavy (non-hydrogen) atoms. The number of anilines is 1. The Morgan fingerprint density at radius 1 is 1.58 bits per heavy atom. The highest BCUT2D eigenvalue weighted by Gasteiger charge is 2.29. The molecule has 0 aliphatic carbocycles. The summed E-state index contributed by atoms with van der Waals surface area (Å²) < 4.78 is 0. The lowest BCUT2D eigenvalue weighted by atomic mass is 10.0. The average molecular weight is 284 g/mol. The van der Waals surface area contributed by atoms with E-state index in [0.717, 1.165) is 13.0 Å². The number of carbonyl (C=O) groups excluding carboxylic acids is 1. The van der Waals surface area contributed by atoms with Crippen molar-refractivity contribution in [2.45, 2.75) is 19.4 Å². The number of nitro groups is 1. The third kappa shape index (κ3) is 3.02. The van der Waals surface area contributed by atoms with Crippen molar-refractivity contribution >= 4 is 28.9 Å². The van der Waals surface area contributed by atoms with Crippen molar-refractivity contribution in [2.75, 3.05) is 11.9 Å². The Bertz CT molecular complexity index is 521. The number of hydrogen-bond acceptors (Lipinski definition) is 4. The number of benzene rings is 1. The van der Waals surface area contributed by atoms with Gasteiger partial charge in [-0.1, -0.05) is 11.6 Å². The number of nitrogens with zero attached hydrogens (tertiary/aromatic N) is 1. The van der Waals surface area contributed by atoms with E-state index in [4.69, 9.17) is 11.6 Å². The van der Waals surface area contributed by atoms with Crippen LogP contribution in [-0.2, 0) is 4.79 Å². The zero-order valence-electron chi connectivity index (χ0n) is 10.4. The third-order valence-corrected chi connectivity index (χ3v) is 3.61. The monoisotopic (exact) mass is 283 g/mol. The SMILES string of the molecule is CC1NCCC1C(=O)Nc1cc([N+](=O)[O-])ccc1Cl. The summed E-state index contributed by atoms with van der Waals surface area (Å²) in [7, 11) is 0. The predicted octanol–water partition coefficient (Wildman–Crippen LogP) is 2.18. The second-order valence-electron chi connectivity index (χ2n) is 4.55. The van der Waals surface area contributed by atoms with Crippen LogP contribution in [0, 0.1) is 16.0 Å². The van der Waals surface area contributed by atoms with Gasteiger partial charge in [0.1, 0.15) is 0 Å². The van der Waals surface area contributed by atoms with Gasteiger partial charge in [-0.3, -0.25) is 14.9 Å². The van der Waals surface area contributed by atoms with Crippen molar-refractivity contribution in [1.29, 1.82) is 0 Å². The highest BCUT2D eigenvalue weighted by Crippen LogP contribution is 2.28. The molecule has 1 saturated heterocycles. The van der Waals surface area contributed by atoms with Crippen molar-refractivity contribution in [3.8, 4) is 0 Å². The molecule has 7 heteroatoms. The van der Waals surface area contributed by atoms with E-state index in [9.17, 15) is 14.9 Å². The maximum Gasteiger partial charge on any atom is 0.271 e. The summed E-state index contributed by atoms with van der Waals surface area (Å²) in [5, 5.41) is 16.8. The minimum absolute atomic E-state index is 0.0949. The second kappa shape index (κ2) is 5.54. The van der Waals surface area contributed by atoms with Crippen molar-refractivity contribution in [2.24, 2.45) is 5.92 Å². The number of nitro benzene ring substituents is 1. The Kier molecular flexibility index (Phi) is 4.01. The van der Waals surface area contributed by atoms with Crippen LogP contribution in [0.2, 0.25) is 5.02 Å². The molecule has 1 heterocycles. The van der Waals surface area contributed by atoms with E-state index in [1.165, 1.54) is 18.2 Å². The van der Waals surface area contributed by atoms with Crippen LogP contribution in [0.15, 0.2) is 18.2 Å². The first-order valence-corrected chi connectivity index (χ1v) is 6.35. The van der Waals surface area contributed by atoms with Gasteiger partial charge in [0.15, 0.2) is 0 Å². The standard InChI is InChI=1S/C12H14ClN3O3/c1-7-9(4-5-14-7)12(17)15-11-6-8(16(18)19)2-3-10(11)13/h2-3,6-7,9,14H,4-5H2,1H3,(H,15,17). The maximum atomic E-state index is 12.1. The molecule has 0 spiro atoms. The van der Waals surface area contributed by atoms with Crippen LogP contribution in [0.25, 0.3) is 0 Å². The first-order valence-electron chi connectivity index (χ1n) is 5.97. The molecule has 2 atom stereocenters. The Morgan fingerprint density at radius 2 is 2.32 bits per heavy atom. The first kappa shape index (κ1) is 13.8. The molecule has 2 rings (SSSR count). The van der Waals surface area contributed by atoms with Gasteiger partial charge in [0.25, 0.3) is 5.69 Å². The van der Waals surface area contributed by atoms with Crippen molar-refractivity contribution in [3.05, 3.63) is 33.3 Å². The number of halogens is 1. The highest BCUT2D eigenvalue weighted by molar-refractivity contribution is 6.33. The van der Waals surface area contributed by atoms with Crippen molar-refractivity contribution < 1.29 is 9.72 Å². The fourth-order valence-corrected chi connectivity index (χ4v) is 2.33. The largest absolute Gasteiger partial charge is 0.324 e. The van der Waals surface area contributed by atoms with Gasteiger partial charge in [-0.05, 0) is 26.0 Å². The quantitative estimate of drug-likeness (QED) is 0.658. The van der Waals surface area contributed by atoms with Gasteiger partial charge >= 0.3 is 0 Å². The van der Waals surface area contributed by atoms with E-state index < -0.39 is 4.92 Å². The first-order chi connectivity index (χ1) is 8.99. The molecule has 0 aromatic heterocycles. The minimum Gasteiger partial charge on any atom is -0.324 e. The second-order valence-corrected chi connectivity index (χ2v) is 4.96. The van der Waals surface area contributed by atoms with E-state index in [1.54, 1.807) is 0 Å². The number of carbonyl (C=O) groups is 1. The lowest BCUT2D eigenvalue weighted by Gasteiger charge is -2.15. The summed E-state index contributed by atoms with van der Waals surface area (Å²) in [6.45, 7) is 2.73. The lowest BCUT2D eigenvalue weighted by molar-refractivity contribution is -0.384. The number of amides is 1. The molecule has 1 aliphatic heterocycles. The number of non-ortho nitro benzene ring substituents is 1. The topological polar surface area (TPSA) is 84.3 Å². The minimum atomic E-state index is -0.522. The van der Waals surface area contributed by atoms with Crippen LogP contribution in [0.4, 0.5) is 11.4 Å². The molecule has 0 saturated carbocycles. The molecule has 1 aromatic rings. The van der Waals surface area contributed by atoms with Gasteiger partial charge in [0, 0.05) is 18.2 Å². The van der Waals surface area contributed by atoms with E-state index in [-0.39, 0.29) is 34.3 Å². The van der Waals surface area contributed by atoms with Gasteiger partial charge in [0.05, 0.1) is 21.6 Å². The Balaban J connectivity index is 2.16. The summed E-state index contributed by atoms with van der Waals surface area (Å²) in [4.78, 5) is 22.3. The molecule has 0 bridgehead atoms. The normalized spacial score (nSPS) is 22.2. The van der Waals surface area contributed by atoms with Crippen LogP contribution < -0.4 is 10.6 Å². The van der Waals surface area contributed by atoms with Gasteiger partial charge in [-0.2, -0.15) is 0 Å². The van der Waals surface area contributed by atoms with Gasteiger partial charge in [0.2, 0.25) is 5.91 Å². The molecule has 2 unspecified atom stereocenters. The highest BCUT2D eigenvalue weighted by atomic mass is 35.5. The number of nitrogens with one attached hydrogen (secondary N) is 2.